The van der Waals surface area contributed by atoms with Crippen LogP contribution in [0.5, 0.6) is 0 Å². The van der Waals surface area contributed by atoms with Crippen LogP contribution in [0, 0.1) is 5.41 Å². The SMILES string of the molecule is COC(=O)C1(C)CC(C(C)(C)C)=NO1. The molecule has 1 aliphatic heterocycles. The third kappa shape index (κ3) is 1.89. The number of rotatable bonds is 1. The van der Waals surface area contributed by atoms with Crippen LogP contribution in [0.4, 0.5) is 0 Å². The lowest BCUT2D eigenvalue weighted by molar-refractivity contribution is -0.164. The quantitative estimate of drug-likeness (QED) is 0.604. The topological polar surface area (TPSA) is 47.9 Å². The Kier molecular flexibility index (Phi) is 2.56. The molecule has 4 heteroatoms. The minimum absolute atomic E-state index is 0.0637. The number of nitrogens with zero attached hydrogens (tertiary/aromatic N) is 1. The molecule has 0 saturated carbocycles. The molecule has 1 rings (SSSR count). The maximum absolute atomic E-state index is 11.4. The number of ether oxygens (including phenoxy) is 1. The van der Waals surface area contributed by atoms with E-state index in [-0.39, 0.29) is 11.4 Å². The second kappa shape index (κ2) is 3.26. The third-order valence-corrected chi connectivity index (χ3v) is 2.35. The monoisotopic (exact) mass is 199 g/mol. The molecule has 4 nitrogen and oxygen atoms in total. The molecule has 80 valence electrons. The summed E-state index contributed by atoms with van der Waals surface area (Å²) < 4.78 is 4.66. The molecule has 0 aromatic rings. The van der Waals surface area contributed by atoms with Crippen LogP contribution in [-0.2, 0) is 14.4 Å². The number of carbonyl (C=O) groups is 1. The van der Waals surface area contributed by atoms with Crippen molar-refractivity contribution >= 4 is 11.7 Å². The van der Waals surface area contributed by atoms with Crippen LogP contribution in [0.1, 0.15) is 34.1 Å². The summed E-state index contributed by atoms with van der Waals surface area (Å²) >= 11 is 0. The van der Waals surface area contributed by atoms with E-state index in [1.165, 1.54) is 7.11 Å². The Morgan fingerprint density at radius 1 is 1.57 bits per heavy atom. The molecule has 1 heterocycles. The molecule has 0 fully saturated rings. The van der Waals surface area contributed by atoms with Gasteiger partial charge in [0.1, 0.15) is 0 Å². The van der Waals surface area contributed by atoms with Crippen LogP contribution < -0.4 is 0 Å². The van der Waals surface area contributed by atoms with Crippen molar-refractivity contribution in [3.63, 3.8) is 0 Å². The van der Waals surface area contributed by atoms with Gasteiger partial charge in [-0.1, -0.05) is 25.9 Å². The number of oxime groups is 1. The van der Waals surface area contributed by atoms with E-state index in [4.69, 9.17) is 4.84 Å². The van der Waals surface area contributed by atoms with Gasteiger partial charge in [-0.25, -0.2) is 4.79 Å². The zero-order valence-corrected chi connectivity index (χ0v) is 9.38. The Bertz CT molecular complexity index is 278. The van der Waals surface area contributed by atoms with Crippen molar-refractivity contribution in [1.82, 2.24) is 0 Å². The summed E-state index contributed by atoms with van der Waals surface area (Å²) in [5, 5.41) is 3.94. The molecule has 1 atom stereocenters. The van der Waals surface area contributed by atoms with Crippen LogP contribution in [-0.4, -0.2) is 24.4 Å². The predicted octanol–water partition coefficient (Wildman–Crippen LogP) is 1.74. The zero-order valence-electron chi connectivity index (χ0n) is 9.38. The molecule has 1 unspecified atom stereocenters. The lowest BCUT2D eigenvalue weighted by Crippen LogP contribution is -2.37. The van der Waals surface area contributed by atoms with Crippen molar-refractivity contribution in [2.75, 3.05) is 7.11 Å². The molecule has 0 saturated heterocycles. The molecule has 0 amide bonds. The minimum atomic E-state index is -0.933. The number of hydrogen-bond acceptors (Lipinski definition) is 4. The molecule has 0 spiro atoms. The Hall–Kier alpha value is -1.06. The van der Waals surface area contributed by atoms with Gasteiger partial charge in [-0.2, -0.15) is 0 Å². The number of esters is 1. The smallest absolute Gasteiger partial charge is 0.353 e. The Labute approximate surface area is 84.3 Å². The fraction of sp³-hybridized carbons (Fsp3) is 0.800. The van der Waals surface area contributed by atoms with Crippen LogP contribution in [0.15, 0.2) is 5.16 Å². The van der Waals surface area contributed by atoms with E-state index in [0.29, 0.717) is 6.42 Å². The molecule has 0 bridgehead atoms. The Morgan fingerprint density at radius 2 is 2.14 bits per heavy atom. The van der Waals surface area contributed by atoms with E-state index in [1.54, 1.807) is 6.92 Å². The van der Waals surface area contributed by atoms with Gasteiger partial charge < -0.3 is 9.57 Å². The molecular formula is C10H17NO3. The van der Waals surface area contributed by atoms with Gasteiger partial charge in [0.05, 0.1) is 12.8 Å². The summed E-state index contributed by atoms with van der Waals surface area (Å²) in [4.78, 5) is 16.5. The van der Waals surface area contributed by atoms with Crippen LogP contribution in [0.2, 0.25) is 0 Å². The summed E-state index contributed by atoms with van der Waals surface area (Å²) in [6.07, 6.45) is 0.503. The summed E-state index contributed by atoms with van der Waals surface area (Å²) in [7, 11) is 1.35. The first kappa shape index (κ1) is 11.0. The average molecular weight is 199 g/mol. The third-order valence-electron chi connectivity index (χ3n) is 2.35. The first-order valence-electron chi connectivity index (χ1n) is 4.63. The molecule has 0 radical (unpaired) electrons. The standard InChI is InChI=1S/C10H17NO3/c1-9(2,3)7-6-10(4,14-11-7)8(12)13-5/h6H2,1-5H3. The summed E-state index contributed by atoms with van der Waals surface area (Å²) in [5.74, 6) is -0.375. The van der Waals surface area contributed by atoms with Crippen molar-refractivity contribution in [3.05, 3.63) is 0 Å². The van der Waals surface area contributed by atoms with E-state index in [1.807, 2.05) is 20.8 Å². The molecule has 14 heavy (non-hydrogen) atoms. The van der Waals surface area contributed by atoms with Gasteiger partial charge in [0.25, 0.3) is 0 Å². The van der Waals surface area contributed by atoms with Gasteiger partial charge in [-0.05, 0) is 6.92 Å². The fourth-order valence-electron chi connectivity index (χ4n) is 1.27. The van der Waals surface area contributed by atoms with Crippen LogP contribution >= 0.6 is 0 Å². The molecule has 0 aromatic heterocycles. The largest absolute Gasteiger partial charge is 0.466 e. The number of hydrogen-bond donors (Lipinski definition) is 0. The molecule has 0 aromatic carbocycles. The van der Waals surface area contributed by atoms with Crippen molar-refractivity contribution in [3.8, 4) is 0 Å². The van der Waals surface area contributed by atoms with Crippen LogP contribution in [0.25, 0.3) is 0 Å². The van der Waals surface area contributed by atoms with E-state index < -0.39 is 5.60 Å². The van der Waals surface area contributed by atoms with E-state index >= 15 is 0 Å². The Morgan fingerprint density at radius 3 is 2.50 bits per heavy atom. The lowest BCUT2D eigenvalue weighted by atomic mass is 9.84. The van der Waals surface area contributed by atoms with Gasteiger partial charge in [0.15, 0.2) is 0 Å². The van der Waals surface area contributed by atoms with Crippen molar-refractivity contribution < 1.29 is 14.4 Å². The second-order valence-electron chi connectivity index (χ2n) is 4.78. The van der Waals surface area contributed by atoms with Gasteiger partial charge in [0.2, 0.25) is 5.60 Å². The first-order chi connectivity index (χ1) is 6.29. The molecule has 1 aliphatic rings. The molecular weight excluding hydrogens is 182 g/mol. The number of carbonyl (C=O) groups excluding carboxylic acids is 1. The highest BCUT2D eigenvalue weighted by atomic mass is 16.7. The summed E-state index contributed by atoms with van der Waals surface area (Å²) in [6.45, 7) is 7.82. The maximum atomic E-state index is 11.4. The van der Waals surface area contributed by atoms with Crippen molar-refractivity contribution in [2.24, 2.45) is 10.6 Å². The van der Waals surface area contributed by atoms with Gasteiger partial charge >= 0.3 is 5.97 Å². The van der Waals surface area contributed by atoms with E-state index in [0.717, 1.165) is 5.71 Å². The normalized spacial score (nSPS) is 26.8. The average Bonchev–Trinajstić information content (AvgIpc) is 2.47. The van der Waals surface area contributed by atoms with E-state index in [2.05, 4.69) is 9.89 Å². The lowest BCUT2D eigenvalue weighted by Gasteiger charge is -2.20. The van der Waals surface area contributed by atoms with Crippen molar-refractivity contribution in [1.29, 1.82) is 0 Å². The minimum Gasteiger partial charge on any atom is -0.466 e. The highest BCUT2D eigenvalue weighted by Gasteiger charge is 2.45. The zero-order chi connectivity index (χ0) is 11.0. The highest BCUT2D eigenvalue weighted by molar-refractivity contribution is 5.96. The first-order valence-corrected chi connectivity index (χ1v) is 4.63. The maximum Gasteiger partial charge on any atom is 0.353 e. The highest BCUT2D eigenvalue weighted by Crippen LogP contribution is 2.32. The summed E-state index contributed by atoms with van der Waals surface area (Å²) in [5.41, 5.74) is -0.103. The van der Waals surface area contributed by atoms with Gasteiger partial charge in [-0.15, -0.1) is 0 Å². The van der Waals surface area contributed by atoms with E-state index in [9.17, 15) is 4.79 Å². The number of methoxy groups -OCH3 is 1. The Balaban J connectivity index is 2.75. The second-order valence-corrected chi connectivity index (χ2v) is 4.78. The van der Waals surface area contributed by atoms with Crippen molar-refractivity contribution in [2.45, 2.75) is 39.7 Å². The van der Waals surface area contributed by atoms with Gasteiger partial charge in [0, 0.05) is 11.8 Å². The van der Waals surface area contributed by atoms with Crippen LogP contribution in [0.3, 0.4) is 0 Å². The molecule has 0 N–H and O–H groups in total. The summed E-state index contributed by atoms with van der Waals surface area (Å²) in [6, 6.07) is 0. The molecule has 0 aliphatic carbocycles. The predicted molar refractivity (Wildman–Crippen MR) is 53.0 cm³/mol. The fourth-order valence-corrected chi connectivity index (χ4v) is 1.27. The van der Waals surface area contributed by atoms with Gasteiger partial charge in [-0.3, -0.25) is 0 Å².